The molecule has 9 heteroatoms. The average molecular weight is 420 g/mol. The summed E-state index contributed by atoms with van der Waals surface area (Å²) in [5.41, 5.74) is 0.555. The number of hydrogen-bond acceptors (Lipinski definition) is 6. The van der Waals surface area contributed by atoms with E-state index in [9.17, 15) is 13.2 Å². The van der Waals surface area contributed by atoms with E-state index in [-0.39, 0.29) is 18.0 Å². The van der Waals surface area contributed by atoms with Crippen molar-refractivity contribution in [3.8, 4) is 17.2 Å². The van der Waals surface area contributed by atoms with Crippen LogP contribution in [-0.2, 0) is 14.8 Å². The summed E-state index contributed by atoms with van der Waals surface area (Å²) in [6.07, 6.45) is 0.726. The second-order valence-electron chi connectivity index (χ2n) is 6.37. The van der Waals surface area contributed by atoms with E-state index in [2.05, 4.69) is 5.32 Å². The largest absolute Gasteiger partial charge is 0.497 e. The van der Waals surface area contributed by atoms with Crippen LogP contribution in [0.3, 0.4) is 0 Å². The van der Waals surface area contributed by atoms with E-state index < -0.39 is 15.9 Å². The lowest BCUT2D eigenvalue weighted by molar-refractivity contribution is -0.116. The SMILES string of the molecule is CCN(CC(=O)Nc1ccc(OC)cc1)S(=O)(=O)c1ccc2c(c1)OCCCO2. The lowest BCUT2D eigenvalue weighted by atomic mass is 10.3. The molecule has 0 fully saturated rings. The zero-order valence-electron chi connectivity index (χ0n) is 16.4. The molecule has 1 amide bonds. The molecule has 1 heterocycles. The lowest BCUT2D eigenvalue weighted by Crippen LogP contribution is -2.37. The van der Waals surface area contributed by atoms with Crippen molar-refractivity contribution >= 4 is 21.6 Å². The maximum atomic E-state index is 13.0. The first-order chi connectivity index (χ1) is 13.9. The number of hydrogen-bond donors (Lipinski definition) is 1. The minimum absolute atomic E-state index is 0.0563. The van der Waals surface area contributed by atoms with Crippen molar-refractivity contribution in [1.82, 2.24) is 4.31 Å². The Bertz CT molecular complexity index is 959. The summed E-state index contributed by atoms with van der Waals surface area (Å²) in [6.45, 7) is 2.50. The van der Waals surface area contributed by atoms with Gasteiger partial charge < -0.3 is 19.5 Å². The van der Waals surface area contributed by atoms with Crippen molar-refractivity contribution in [1.29, 1.82) is 0 Å². The molecular formula is C20H24N2O6S. The number of rotatable bonds is 7. The molecule has 0 radical (unpaired) electrons. The van der Waals surface area contributed by atoms with Gasteiger partial charge in [0.25, 0.3) is 0 Å². The van der Waals surface area contributed by atoms with Gasteiger partial charge in [0, 0.05) is 24.7 Å². The second-order valence-corrected chi connectivity index (χ2v) is 8.30. The summed E-state index contributed by atoms with van der Waals surface area (Å²) >= 11 is 0. The summed E-state index contributed by atoms with van der Waals surface area (Å²) in [7, 11) is -2.32. The number of sulfonamides is 1. The molecule has 1 aliphatic heterocycles. The van der Waals surface area contributed by atoms with Crippen LogP contribution in [-0.4, -0.2) is 52.0 Å². The van der Waals surface area contributed by atoms with Gasteiger partial charge in [-0.25, -0.2) is 8.42 Å². The zero-order valence-corrected chi connectivity index (χ0v) is 17.2. The third-order valence-electron chi connectivity index (χ3n) is 4.40. The van der Waals surface area contributed by atoms with Crippen LogP contribution >= 0.6 is 0 Å². The van der Waals surface area contributed by atoms with Crippen molar-refractivity contribution in [2.45, 2.75) is 18.2 Å². The van der Waals surface area contributed by atoms with E-state index in [0.717, 1.165) is 10.7 Å². The molecule has 2 aromatic rings. The van der Waals surface area contributed by atoms with Gasteiger partial charge in [0.05, 0.1) is 31.8 Å². The Labute approximate surface area is 170 Å². The number of carbonyl (C=O) groups is 1. The summed E-state index contributed by atoms with van der Waals surface area (Å²) in [4.78, 5) is 12.5. The van der Waals surface area contributed by atoms with Crippen LogP contribution in [0, 0.1) is 0 Å². The number of nitrogens with zero attached hydrogens (tertiary/aromatic N) is 1. The highest BCUT2D eigenvalue weighted by atomic mass is 32.2. The molecule has 0 bridgehead atoms. The van der Waals surface area contributed by atoms with E-state index in [4.69, 9.17) is 14.2 Å². The van der Waals surface area contributed by atoms with E-state index in [1.54, 1.807) is 44.4 Å². The average Bonchev–Trinajstić information content (AvgIpc) is 2.97. The highest BCUT2D eigenvalue weighted by molar-refractivity contribution is 7.89. The predicted octanol–water partition coefficient (Wildman–Crippen LogP) is 2.51. The molecule has 0 atom stereocenters. The second kappa shape index (κ2) is 9.15. The number of benzene rings is 2. The van der Waals surface area contributed by atoms with Crippen molar-refractivity contribution in [3.63, 3.8) is 0 Å². The van der Waals surface area contributed by atoms with E-state index in [1.807, 2.05) is 0 Å². The standard InChI is InChI=1S/C20H24N2O6S/c1-3-22(14-20(23)21-15-5-7-16(26-2)8-6-15)29(24,25)17-9-10-18-19(13-17)28-12-4-11-27-18/h5-10,13H,3-4,11-12,14H2,1-2H3,(H,21,23). The number of fused-ring (bicyclic) bond motifs is 1. The smallest absolute Gasteiger partial charge is 0.243 e. The third-order valence-corrected chi connectivity index (χ3v) is 6.32. The number of amides is 1. The van der Waals surface area contributed by atoms with Gasteiger partial charge in [-0.05, 0) is 36.4 Å². The molecule has 8 nitrogen and oxygen atoms in total. The first-order valence-electron chi connectivity index (χ1n) is 9.27. The summed E-state index contributed by atoms with van der Waals surface area (Å²) in [5.74, 6) is 1.13. The Hall–Kier alpha value is -2.78. The van der Waals surface area contributed by atoms with Crippen LogP contribution in [0.1, 0.15) is 13.3 Å². The van der Waals surface area contributed by atoms with Crippen LogP contribution in [0.5, 0.6) is 17.2 Å². The molecule has 0 aliphatic carbocycles. The lowest BCUT2D eigenvalue weighted by Gasteiger charge is -2.20. The highest BCUT2D eigenvalue weighted by Gasteiger charge is 2.27. The molecular weight excluding hydrogens is 396 g/mol. The Morgan fingerprint density at radius 1 is 1.10 bits per heavy atom. The maximum absolute atomic E-state index is 13.0. The molecule has 3 rings (SSSR count). The molecule has 0 aromatic heterocycles. The summed E-state index contributed by atoms with van der Waals surface area (Å²) in [5, 5.41) is 2.69. The van der Waals surface area contributed by atoms with Gasteiger partial charge in [-0.15, -0.1) is 0 Å². The summed E-state index contributed by atoms with van der Waals surface area (Å²) < 4.78 is 43.4. The molecule has 0 saturated carbocycles. The maximum Gasteiger partial charge on any atom is 0.243 e. The van der Waals surface area contributed by atoms with Crippen molar-refractivity contribution < 1.29 is 27.4 Å². The number of likely N-dealkylation sites (N-methyl/N-ethyl adjacent to an activating group) is 1. The molecule has 1 aliphatic rings. The zero-order chi connectivity index (χ0) is 20.9. The van der Waals surface area contributed by atoms with Crippen LogP contribution in [0.2, 0.25) is 0 Å². The van der Waals surface area contributed by atoms with Crippen molar-refractivity contribution in [2.24, 2.45) is 0 Å². The quantitative estimate of drug-likeness (QED) is 0.740. The molecule has 0 unspecified atom stereocenters. The number of methoxy groups -OCH3 is 1. The molecule has 156 valence electrons. The molecule has 0 spiro atoms. The van der Waals surface area contributed by atoms with Crippen LogP contribution < -0.4 is 19.5 Å². The Morgan fingerprint density at radius 3 is 2.45 bits per heavy atom. The minimum atomic E-state index is -3.88. The molecule has 1 N–H and O–H groups in total. The summed E-state index contributed by atoms with van der Waals surface area (Å²) in [6, 6.07) is 11.3. The fourth-order valence-corrected chi connectivity index (χ4v) is 4.28. The number of ether oxygens (including phenoxy) is 3. The van der Waals surface area contributed by atoms with Gasteiger partial charge >= 0.3 is 0 Å². The first-order valence-corrected chi connectivity index (χ1v) is 10.7. The molecule has 0 saturated heterocycles. The van der Waals surface area contributed by atoms with Crippen LogP contribution in [0.4, 0.5) is 5.69 Å². The first kappa shape index (κ1) is 20.9. The van der Waals surface area contributed by atoms with Gasteiger partial charge in [-0.3, -0.25) is 4.79 Å². The van der Waals surface area contributed by atoms with Crippen LogP contribution in [0.15, 0.2) is 47.4 Å². The Morgan fingerprint density at radius 2 is 1.79 bits per heavy atom. The molecule has 2 aromatic carbocycles. The van der Waals surface area contributed by atoms with Crippen molar-refractivity contribution in [2.75, 3.05) is 38.7 Å². The number of anilines is 1. The van der Waals surface area contributed by atoms with E-state index >= 15 is 0 Å². The monoisotopic (exact) mass is 420 g/mol. The predicted molar refractivity (Wildman–Crippen MR) is 108 cm³/mol. The van der Waals surface area contributed by atoms with Gasteiger partial charge in [-0.2, -0.15) is 4.31 Å². The van der Waals surface area contributed by atoms with Crippen molar-refractivity contribution in [3.05, 3.63) is 42.5 Å². The van der Waals surface area contributed by atoms with Crippen LogP contribution in [0.25, 0.3) is 0 Å². The normalized spacial score (nSPS) is 13.6. The van der Waals surface area contributed by atoms with E-state index in [0.29, 0.717) is 36.1 Å². The van der Waals surface area contributed by atoms with E-state index in [1.165, 1.54) is 12.1 Å². The topological polar surface area (TPSA) is 94.2 Å². The molecule has 29 heavy (non-hydrogen) atoms. The highest BCUT2D eigenvalue weighted by Crippen LogP contribution is 2.32. The fourth-order valence-electron chi connectivity index (χ4n) is 2.85. The third kappa shape index (κ3) is 4.99. The van der Waals surface area contributed by atoms with Gasteiger partial charge in [0.15, 0.2) is 11.5 Å². The van der Waals surface area contributed by atoms with Gasteiger partial charge in [0.2, 0.25) is 15.9 Å². The Kier molecular flexibility index (Phi) is 6.60. The fraction of sp³-hybridized carbons (Fsp3) is 0.350. The van der Waals surface area contributed by atoms with Gasteiger partial charge in [0.1, 0.15) is 5.75 Å². The number of nitrogens with one attached hydrogen (secondary N) is 1. The minimum Gasteiger partial charge on any atom is -0.497 e. The van der Waals surface area contributed by atoms with Gasteiger partial charge in [-0.1, -0.05) is 6.92 Å². The number of carbonyl (C=O) groups excluding carboxylic acids is 1. The Balaban J connectivity index is 1.73.